The predicted octanol–water partition coefficient (Wildman–Crippen LogP) is 1.42. The van der Waals surface area contributed by atoms with Gasteiger partial charge in [0.1, 0.15) is 0 Å². The molecule has 0 spiro atoms. The minimum Gasteiger partial charge on any atom is -0.353 e. The maximum absolute atomic E-state index is 12.1. The Balaban J connectivity index is 0.00000400. The van der Waals surface area contributed by atoms with Crippen LogP contribution < -0.4 is 10.6 Å². The van der Waals surface area contributed by atoms with E-state index in [4.69, 9.17) is 0 Å². The van der Waals surface area contributed by atoms with Gasteiger partial charge >= 0.3 is 0 Å². The Morgan fingerprint density at radius 1 is 1.19 bits per heavy atom. The zero-order valence-corrected chi connectivity index (χ0v) is 14.5. The van der Waals surface area contributed by atoms with Crippen molar-refractivity contribution in [1.82, 2.24) is 15.5 Å². The van der Waals surface area contributed by atoms with Gasteiger partial charge in [-0.3, -0.25) is 9.59 Å². The van der Waals surface area contributed by atoms with E-state index >= 15 is 0 Å². The molecular weight excluding hydrogens is 290 g/mol. The second-order valence-corrected chi connectivity index (χ2v) is 6.05. The number of halogens is 1. The van der Waals surface area contributed by atoms with Crippen molar-refractivity contribution in [3.05, 3.63) is 0 Å². The number of piperidine rings is 1. The highest BCUT2D eigenvalue weighted by Gasteiger charge is 2.27. The van der Waals surface area contributed by atoms with Gasteiger partial charge in [-0.25, -0.2) is 0 Å². The van der Waals surface area contributed by atoms with Gasteiger partial charge in [-0.15, -0.1) is 12.4 Å². The molecule has 0 aromatic carbocycles. The number of amides is 2. The minimum absolute atomic E-state index is 0. The van der Waals surface area contributed by atoms with E-state index in [9.17, 15) is 9.59 Å². The average Bonchev–Trinajstić information content (AvgIpc) is 2.44. The van der Waals surface area contributed by atoms with Crippen molar-refractivity contribution in [2.24, 2.45) is 11.8 Å². The van der Waals surface area contributed by atoms with Gasteiger partial charge in [0.25, 0.3) is 0 Å². The van der Waals surface area contributed by atoms with Crippen LogP contribution in [0.1, 0.15) is 40.0 Å². The number of nitrogens with one attached hydrogen (secondary N) is 2. The van der Waals surface area contributed by atoms with Crippen molar-refractivity contribution in [2.45, 2.75) is 46.1 Å². The summed E-state index contributed by atoms with van der Waals surface area (Å²) in [6, 6.07) is 0.206. The molecule has 1 rings (SSSR count). The summed E-state index contributed by atoms with van der Waals surface area (Å²) in [4.78, 5) is 25.9. The van der Waals surface area contributed by atoms with E-state index in [2.05, 4.69) is 24.5 Å². The molecule has 0 aliphatic carbocycles. The molecule has 1 fully saturated rings. The Hall–Kier alpha value is -0.810. The van der Waals surface area contributed by atoms with Crippen LogP contribution in [0.2, 0.25) is 0 Å². The normalized spacial score (nSPS) is 17.3. The summed E-state index contributed by atoms with van der Waals surface area (Å²) in [6.07, 6.45) is 2.10. The number of carbonyl (C=O) groups is 2. The third-order valence-corrected chi connectivity index (χ3v) is 4.18. The lowest BCUT2D eigenvalue weighted by Crippen LogP contribution is -2.46. The number of nitrogens with zero attached hydrogens (tertiary/aromatic N) is 1. The molecule has 1 unspecified atom stereocenters. The molecule has 0 saturated carbocycles. The third-order valence-electron chi connectivity index (χ3n) is 4.18. The summed E-state index contributed by atoms with van der Waals surface area (Å²) < 4.78 is 0. The molecule has 124 valence electrons. The van der Waals surface area contributed by atoms with Gasteiger partial charge in [0.15, 0.2) is 0 Å². The van der Waals surface area contributed by atoms with Gasteiger partial charge in [-0.1, -0.05) is 13.8 Å². The predicted molar refractivity (Wildman–Crippen MR) is 87.5 cm³/mol. The third kappa shape index (κ3) is 6.66. The molecule has 1 aliphatic heterocycles. The maximum atomic E-state index is 12.1. The van der Waals surface area contributed by atoms with Gasteiger partial charge in [0.05, 0.1) is 0 Å². The van der Waals surface area contributed by atoms with Crippen molar-refractivity contribution in [3.63, 3.8) is 0 Å². The Kier molecular flexibility index (Phi) is 9.62. The fraction of sp³-hybridized carbons (Fsp3) is 0.867. The summed E-state index contributed by atoms with van der Waals surface area (Å²) >= 11 is 0. The van der Waals surface area contributed by atoms with Gasteiger partial charge < -0.3 is 15.5 Å². The summed E-state index contributed by atoms with van der Waals surface area (Å²) in [6.45, 7) is 8.37. The minimum atomic E-state index is 0. The zero-order valence-electron chi connectivity index (χ0n) is 13.6. The fourth-order valence-electron chi connectivity index (χ4n) is 2.29. The Bertz CT molecular complexity index is 329. The average molecular weight is 320 g/mol. The molecular formula is C15H30ClN3O2. The highest BCUT2D eigenvalue weighted by molar-refractivity contribution is 5.85. The summed E-state index contributed by atoms with van der Waals surface area (Å²) in [7, 11) is 1.85. The van der Waals surface area contributed by atoms with Crippen molar-refractivity contribution in [2.75, 3.05) is 26.7 Å². The van der Waals surface area contributed by atoms with Crippen LogP contribution in [0.25, 0.3) is 0 Å². The second kappa shape index (κ2) is 10.0. The van der Waals surface area contributed by atoms with Crippen LogP contribution in [-0.2, 0) is 9.59 Å². The van der Waals surface area contributed by atoms with Crippen LogP contribution in [0.3, 0.4) is 0 Å². The smallest absolute Gasteiger partial charge is 0.223 e. The van der Waals surface area contributed by atoms with Crippen LogP contribution in [0.5, 0.6) is 0 Å². The molecule has 0 bridgehead atoms. The quantitative estimate of drug-likeness (QED) is 0.778. The van der Waals surface area contributed by atoms with Gasteiger partial charge in [0, 0.05) is 38.0 Å². The van der Waals surface area contributed by atoms with E-state index in [0.29, 0.717) is 32.0 Å². The largest absolute Gasteiger partial charge is 0.353 e. The van der Waals surface area contributed by atoms with Crippen LogP contribution in [0.4, 0.5) is 0 Å². The molecule has 1 saturated heterocycles. The standard InChI is InChI=1S/C15H29N3O2.ClH/c1-11(2)12(3)17-15(20)13-6-9-18(10-7-13)14(19)5-8-16-4;/h11-13,16H,5-10H2,1-4H3,(H,17,20);1H. The van der Waals surface area contributed by atoms with Gasteiger partial charge in [-0.05, 0) is 32.7 Å². The molecule has 2 amide bonds. The monoisotopic (exact) mass is 319 g/mol. The van der Waals surface area contributed by atoms with Gasteiger partial charge in [-0.2, -0.15) is 0 Å². The number of hydrogen-bond acceptors (Lipinski definition) is 3. The maximum Gasteiger partial charge on any atom is 0.223 e. The first-order valence-electron chi connectivity index (χ1n) is 7.68. The lowest BCUT2D eigenvalue weighted by Gasteiger charge is -2.32. The second-order valence-electron chi connectivity index (χ2n) is 6.05. The molecule has 1 heterocycles. The number of carbonyl (C=O) groups excluding carboxylic acids is 2. The van der Waals surface area contributed by atoms with Crippen LogP contribution in [0, 0.1) is 11.8 Å². The molecule has 0 aromatic rings. The van der Waals surface area contributed by atoms with Crippen molar-refractivity contribution in [3.8, 4) is 0 Å². The summed E-state index contributed by atoms with van der Waals surface area (Å²) in [5, 5.41) is 6.06. The Morgan fingerprint density at radius 3 is 2.24 bits per heavy atom. The first-order valence-corrected chi connectivity index (χ1v) is 7.68. The first-order chi connectivity index (χ1) is 9.45. The molecule has 0 aromatic heterocycles. The van der Waals surface area contributed by atoms with E-state index < -0.39 is 0 Å². The highest BCUT2D eigenvalue weighted by atomic mass is 35.5. The van der Waals surface area contributed by atoms with Crippen molar-refractivity contribution in [1.29, 1.82) is 0 Å². The SMILES string of the molecule is CNCCC(=O)N1CCC(C(=O)NC(C)C(C)C)CC1.Cl. The molecule has 2 N–H and O–H groups in total. The van der Waals surface area contributed by atoms with E-state index in [1.807, 2.05) is 18.9 Å². The molecule has 1 atom stereocenters. The Labute approximate surface area is 134 Å². The topological polar surface area (TPSA) is 61.4 Å². The molecule has 6 heteroatoms. The Morgan fingerprint density at radius 2 is 1.76 bits per heavy atom. The van der Waals surface area contributed by atoms with E-state index in [1.54, 1.807) is 0 Å². The highest BCUT2D eigenvalue weighted by Crippen LogP contribution is 2.18. The van der Waals surface area contributed by atoms with Crippen LogP contribution in [-0.4, -0.2) is 49.4 Å². The molecule has 21 heavy (non-hydrogen) atoms. The van der Waals surface area contributed by atoms with Gasteiger partial charge in [0.2, 0.25) is 11.8 Å². The summed E-state index contributed by atoms with van der Waals surface area (Å²) in [5.41, 5.74) is 0. The van der Waals surface area contributed by atoms with E-state index in [-0.39, 0.29) is 36.2 Å². The summed E-state index contributed by atoms with van der Waals surface area (Å²) in [5.74, 6) is 0.842. The van der Waals surface area contributed by atoms with E-state index in [1.165, 1.54) is 0 Å². The molecule has 5 nitrogen and oxygen atoms in total. The fourth-order valence-corrected chi connectivity index (χ4v) is 2.29. The lowest BCUT2D eigenvalue weighted by atomic mass is 9.94. The lowest BCUT2D eigenvalue weighted by molar-refractivity contribution is -0.135. The molecule has 1 aliphatic rings. The number of rotatable bonds is 6. The van der Waals surface area contributed by atoms with Crippen LogP contribution in [0.15, 0.2) is 0 Å². The van der Waals surface area contributed by atoms with Crippen molar-refractivity contribution >= 4 is 24.2 Å². The number of hydrogen-bond donors (Lipinski definition) is 2. The zero-order chi connectivity index (χ0) is 15.1. The first kappa shape index (κ1) is 20.2. The van der Waals surface area contributed by atoms with E-state index in [0.717, 1.165) is 12.8 Å². The van der Waals surface area contributed by atoms with Crippen LogP contribution >= 0.6 is 12.4 Å². The molecule has 0 radical (unpaired) electrons. The number of likely N-dealkylation sites (tertiary alicyclic amines) is 1. The van der Waals surface area contributed by atoms with Crippen molar-refractivity contribution < 1.29 is 9.59 Å².